The molecule has 0 fully saturated rings. The van der Waals surface area contributed by atoms with Crippen molar-refractivity contribution in [3.8, 4) is 12.1 Å². The molecule has 31 heavy (non-hydrogen) atoms. The number of carbonyl (C=O) groups is 3. The van der Waals surface area contributed by atoms with E-state index in [1.807, 2.05) is 0 Å². The average Bonchev–Trinajstić information content (AvgIpc) is 3.04. The van der Waals surface area contributed by atoms with Gasteiger partial charge in [0.2, 0.25) is 5.71 Å². The maximum absolute atomic E-state index is 12.8. The lowest BCUT2D eigenvalue weighted by Gasteiger charge is -2.24. The lowest BCUT2D eigenvalue weighted by atomic mass is 10.0. The van der Waals surface area contributed by atoms with E-state index in [0.717, 1.165) is 4.90 Å². The minimum Gasteiger partial charge on any atom is -0.464 e. The van der Waals surface area contributed by atoms with Crippen molar-refractivity contribution < 1.29 is 19.1 Å². The Kier molecular flexibility index (Phi) is 6.39. The first-order valence-corrected chi connectivity index (χ1v) is 9.36. The molecule has 3 rings (SSSR count). The Morgan fingerprint density at radius 2 is 1.65 bits per heavy atom. The molecule has 1 heterocycles. The van der Waals surface area contributed by atoms with Crippen LogP contribution in [0.3, 0.4) is 0 Å². The molecule has 1 aliphatic rings. The summed E-state index contributed by atoms with van der Waals surface area (Å²) in [4.78, 5) is 39.2. The van der Waals surface area contributed by atoms with Gasteiger partial charge in [0.25, 0.3) is 11.8 Å². The Bertz CT molecular complexity index is 1090. The number of benzene rings is 2. The van der Waals surface area contributed by atoms with Crippen LogP contribution in [0.2, 0.25) is 0 Å². The number of amides is 2. The zero-order valence-electron chi connectivity index (χ0n) is 16.5. The lowest BCUT2D eigenvalue weighted by Crippen LogP contribution is -2.47. The third-order valence-electron chi connectivity index (χ3n) is 4.59. The fourth-order valence-electron chi connectivity index (χ4n) is 3.14. The van der Waals surface area contributed by atoms with Crippen molar-refractivity contribution in [1.82, 2.24) is 4.90 Å². The molecule has 0 bridgehead atoms. The average molecular weight is 415 g/mol. The van der Waals surface area contributed by atoms with Gasteiger partial charge in [0.15, 0.2) is 0 Å². The van der Waals surface area contributed by atoms with Crippen LogP contribution < -0.4 is 5.43 Å². The number of hydrazone groups is 1. The number of esters is 1. The number of ether oxygens (including phenoxy) is 1. The van der Waals surface area contributed by atoms with Crippen molar-refractivity contribution in [2.45, 2.75) is 19.4 Å². The van der Waals surface area contributed by atoms with E-state index < -0.39 is 23.8 Å². The maximum atomic E-state index is 12.8. The Morgan fingerprint density at radius 3 is 2.16 bits per heavy atom. The van der Waals surface area contributed by atoms with Crippen LogP contribution in [-0.4, -0.2) is 41.0 Å². The number of nitrogens with zero attached hydrogens (tertiary/aromatic N) is 4. The summed E-state index contributed by atoms with van der Waals surface area (Å²) in [6.07, 6.45) is 0.0650. The molecular formula is C22H17N5O4. The van der Waals surface area contributed by atoms with Crippen molar-refractivity contribution in [3.63, 3.8) is 0 Å². The van der Waals surface area contributed by atoms with E-state index in [1.54, 1.807) is 67.6 Å². The van der Waals surface area contributed by atoms with Crippen LogP contribution in [0, 0.1) is 22.7 Å². The van der Waals surface area contributed by atoms with Gasteiger partial charge in [-0.1, -0.05) is 24.3 Å². The van der Waals surface area contributed by atoms with Crippen LogP contribution in [-0.2, 0) is 16.0 Å². The fraction of sp³-hybridized carbons (Fsp3) is 0.182. The van der Waals surface area contributed by atoms with Crippen molar-refractivity contribution >= 4 is 29.2 Å². The van der Waals surface area contributed by atoms with E-state index in [0.29, 0.717) is 11.3 Å². The second-order valence-electron chi connectivity index (χ2n) is 6.49. The van der Waals surface area contributed by atoms with Gasteiger partial charge in [-0.15, -0.1) is 0 Å². The van der Waals surface area contributed by atoms with Crippen LogP contribution in [0.4, 0.5) is 5.69 Å². The monoisotopic (exact) mass is 415 g/mol. The molecule has 0 aliphatic carbocycles. The number of hydrogen-bond acceptors (Lipinski definition) is 8. The van der Waals surface area contributed by atoms with Gasteiger partial charge in [0.1, 0.15) is 18.2 Å². The topological polar surface area (TPSA) is 136 Å². The van der Waals surface area contributed by atoms with Crippen LogP contribution >= 0.6 is 0 Å². The fourth-order valence-corrected chi connectivity index (χ4v) is 3.14. The summed E-state index contributed by atoms with van der Waals surface area (Å²) in [7, 11) is 0. The summed E-state index contributed by atoms with van der Waals surface area (Å²) in [6, 6.07) is 15.2. The van der Waals surface area contributed by atoms with Crippen LogP contribution in [0.1, 0.15) is 33.2 Å². The third kappa shape index (κ3) is 4.41. The molecule has 2 amide bonds. The second-order valence-corrected chi connectivity index (χ2v) is 6.49. The predicted molar refractivity (Wildman–Crippen MR) is 110 cm³/mol. The number of carbonyl (C=O) groups excluding carboxylic acids is 3. The molecular weight excluding hydrogens is 398 g/mol. The number of hydrogen-bond donors (Lipinski definition) is 1. The number of rotatable bonds is 7. The number of fused-ring (bicyclic) bond motifs is 1. The van der Waals surface area contributed by atoms with E-state index in [-0.39, 0.29) is 29.9 Å². The number of nitriles is 2. The van der Waals surface area contributed by atoms with Gasteiger partial charge in [0, 0.05) is 6.42 Å². The summed E-state index contributed by atoms with van der Waals surface area (Å²) in [5.41, 5.74) is 3.96. The normalized spacial score (nSPS) is 12.9. The standard InChI is InChI=1S/C22H17N5O4/c1-2-31-22(30)19(27-20(28)17-5-3-4-6-18(17)21(27)29)11-14-7-9-15(10-8-14)25-26-16(12-23)13-24/h3-10,19,25H,2,11H2,1H3. The minimum atomic E-state index is -1.12. The molecule has 0 saturated heterocycles. The third-order valence-corrected chi connectivity index (χ3v) is 4.59. The lowest BCUT2D eigenvalue weighted by molar-refractivity contribution is -0.147. The minimum absolute atomic E-state index is 0.0650. The zero-order valence-corrected chi connectivity index (χ0v) is 16.5. The highest BCUT2D eigenvalue weighted by molar-refractivity contribution is 6.22. The molecule has 0 saturated carbocycles. The van der Waals surface area contributed by atoms with Crippen molar-refractivity contribution in [2.75, 3.05) is 12.0 Å². The van der Waals surface area contributed by atoms with Crippen LogP contribution in [0.25, 0.3) is 0 Å². The molecule has 9 heteroatoms. The molecule has 2 aromatic carbocycles. The molecule has 1 aliphatic heterocycles. The Hall–Kier alpha value is -4.50. The summed E-state index contributed by atoms with van der Waals surface area (Å²) in [6.45, 7) is 1.76. The van der Waals surface area contributed by atoms with Crippen molar-refractivity contribution in [3.05, 3.63) is 65.2 Å². The van der Waals surface area contributed by atoms with E-state index in [4.69, 9.17) is 15.3 Å². The predicted octanol–water partition coefficient (Wildman–Crippen LogP) is 2.27. The maximum Gasteiger partial charge on any atom is 0.329 e. The molecule has 0 spiro atoms. The molecule has 0 radical (unpaired) electrons. The quantitative estimate of drug-likeness (QED) is 0.317. The molecule has 2 aromatic rings. The SMILES string of the molecule is CCOC(=O)C(Cc1ccc(NN=C(C#N)C#N)cc1)N1C(=O)c2ccccc2C1=O. The molecule has 0 aromatic heterocycles. The molecule has 1 unspecified atom stereocenters. The first-order chi connectivity index (χ1) is 15.0. The first kappa shape index (κ1) is 21.2. The van der Waals surface area contributed by atoms with E-state index in [2.05, 4.69) is 10.5 Å². The highest BCUT2D eigenvalue weighted by Crippen LogP contribution is 2.26. The Balaban J connectivity index is 1.83. The summed E-state index contributed by atoms with van der Waals surface area (Å²) < 4.78 is 5.12. The van der Waals surface area contributed by atoms with Gasteiger partial charge >= 0.3 is 5.97 Å². The summed E-state index contributed by atoms with van der Waals surface area (Å²) >= 11 is 0. The molecule has 1 N–H and O–H groups in total. The highest BCUT2D eigenvalue weighted by atomic mass is 16.5. The zero-order chi connectivity index (χ0) is 22.4. The van der Waals surface area contributed by atoms with E-state index in [9.17, 15) is 14.4 Å². The van der Waals surface area contributed by atoms with Crippen molar-refractivity contribution in [1.29, 1.82) is 10.5 Å². The summed E-state index contributed by atoms with van der Waals surface area (Å²) in [5.74, 6) is -1.74. The molecule has 1 atom stereocenters. The Morgan fingerprint density at radius 1 is 1.06 bits per heavy atom. The van der Waals surface area contributed by atoms with Crippen LogP contribution in [0.5, 0.6) is 0 Å². The van der Waals surface area contributed by atoms with E-state index >= 15 is 0 Å². The Labute approximate surface area is 178 Å². The largest absolute Gasteiger partial charge is 0.464 e. The number of anilines is 1. The van der Waals surface area contributed by atoms with Crippen LogP contribution in [0.15, 0.2) is 53.6 Å². The highest BCUT2D eigenvalue weighted by Gasteiger charge is 2.43. The van der Waals surface area contributed by atoms with E-state index in [1.165, 1.54) is 0 Å². The van der Waals surface area contributed by atoms with Crippen molar-refractivity contribution in [2.24, 2.45) is 5.10 Å². The number of imide groups is 1. The van der Waals surface area contributed by atoms with Gasteiger partial charge in [-0.05, 0) is 36.8 Å². The van der Waals surface area contributed by atoms with Gasteiger partial charge in [-0.2, -0.15) is 15.6 Å². The number of nitrogens with one attached hydrogen (secondary N) is 1. The second kappa shape index (κ2) is 9.33. The van der Waals surface area contributed by atoms with Gasteiger partial charge < -0.3 is 4.74 Å². The van der Waals surface area contributed by atoms with Gasteiger partial charge in [-0.25, -0.2) is 4.79 Å². The summed E-state index contributed by atoms with van der Waals surface area (Å²) in [5, 5.41) is 21.1. The molecule has 154 valence electrons. The van der Waals surface area contributed by atoms with Gasteiger partial charge in [0.05, 0.1) is 23.4 Å². The van der Waals surface area contributed by atoms with Gasteiger partial charge in [-0.3, -0.25) is 19.9 Å². The smallest absolute Gasteiger partial charge is 0.329 e. The molecule has 9 nitrogen and oxygen atoms in total. The first-order valence-electron chi connectivity index (χ1n) is 9.36.